The summed E-state index contributed by atoms with van der Waals surface area (Å²) < 4.78 is 31.5. The summed E-state index contributed by atoms with van der Waals surface area (Å²) in [4.78, 5) is 49.6. The van der Waals surface area contributed by atoms with Crippen LogP contribution in [0.5, 0.6) is 0 Å². The van der Waals surface area contributed by atoms with Crippen LogP contribution >= 0.6 is 11.3 Å². The smallest absolute Gasteiger partial charge is 0.306 e. The number of amides is 2. The summed E-state index contributed by atoms with van der Waals surface area (Å²) in [6.45, 7) is 0.982. The number of hydrogen-bond donors (Lipinski definition) is 3. The molecule has 0 radical (unpaired) electrons. The largest absolute Gasteiger partial charge is 0.363 e. The van der Waals surface area contributed by atoms with Crippen molar-refractivity contribution < 1.29 is 32.1 Å². The Morgan fingerprint density at radius 2 is 2.13 bits per heavy atom. The number of nitrogens with one attached hydrogen (secondary N) is 1. The SMILES string of the molecule is CC1(N)N(S(=O)(=O)O)C(=O)C1(C(=O)C=O)c1csc(NC=O)n1. The number of carbonyl (C=O) groups excluding carboxylic acids is 4. The molecule has 4 N–H and O–H groups in total. The van der Waals surface area contributed by atoms with Crippen LogP contribution in [-0.2, 0) is 34.9 Å². The molecule has 11 nitrogen and oxygen atoms in total. The van der Waals surface area contributed by atoms with E-state index in [1.54, 1.807) is 0 Å². The maximum Gasteiger partial charge on any atom is 0.363 e. The minimum absolute atomic E-state index is 0.00183. The van der Waals surface area contributed by atoms with E-state index >= 15 is 0 Å². The van der Waals surface area contributed by atoms with Crippen LogP contribution in [0.4, 0.5) is 5.13 Å². The fourth-order valence-corrected chi connectivity index (χ4v) is 4.21. The van der Waals surface area contributed by atoms with Crippen LogP contribution < -0.4 is 11.1 Å². The predicted octanol–water partition coefficient (Wildman–Crippen LogP) is -1.96. The lowest BCUT2D eigenvalue weighted by Crippen LogP contribution is -2.86. The van der Waals surface area contributed by atoms with Crippen LogP contribution in [0, 0.1) is 0 Å². The lowest BCUT2D eigenvalue weighted by atomic mass is 9.63. The monoisotopic (exact) mass is 362 g/mol. The second-order valence-corrected chi connectivity index (χ2v) is 6.85. The molecule has 2 unspecified atom stereocenters. The van der Waals surface area contributed by atoms with Crippen molar-refractivity contribution in [3.05, 3.63) is 11.1 Å². The number of aromatic nitrogens is 1. The number of anilines is 1. The van der Waals surface area contributed by atoms with Crippen LogP contribution in [0.3, 0.4) is 0 Å². The second kappa shape index (κ2) is 5.16. The van der Waals surface area contributed by atoms with Gasteiger partial charge in [-0.1, -0.05) is 0 Å². The third-order valence-electron chi connectivity index (χ3n) is 3.46. The molecule has 1 aromatic rings. The van der Waals surface area contributed by atoms with Crippen molar-refractivity contribution in [2.24, 2.45) is 5.73 Å². The minimum atomic E-state index is -5.05. The Balaban J connectivity index is 2.67. The van der Waals surface area contributed by atoms with Gasteiger partial charge in [-0.05, 0) is 6.92 Å². The van der Waals surface area contributed by atoms with E-state index in [0.717, 1.165) is 18.3 Å². The highest BCUT2D eigenvalue weighted by molar-refractivity contribution is 7.84. The fraction of sp³-hybridized carbons (Fsp3) is 0.300. The quantitative estimate of drug-likeness (QED) is 0.170. The topological polar surface area (TPSA) is 177 Å². The Bertz CT molecular complexity index is 815. The molecular weight excluding hydrogens is 352 g/mol. The van der Waals surface area contributed by atoms with Crippen LogP contribution in [0.1, 0.15) is 12.6 Å². The van der Waals surface area contributed by atoms with Gasteiger partial charge in [0.25, 0.3) is 5.91 Å². The van der Waals surface area contributed by atoms with Gasteiger partial charge in [0.05, 0.1) is 5.69 Å². The van der Waals surface area contributed by atoms with E-state index in [-0.39, 0.29) is 21.4 Å². The van der Waals surface area contributed by atoms with E-state index in [1.165, 1.54) is 5.38 Å². The molecule has 23 heavy (non-hydrogen) atoms. The van der Waals surface area contributed by atoms with Gasteiger partial charge in [-0.15, -0.1) is 11.3 Å². The van der Waals surface area contributed by atoms with Gasteiger partial charge in [-0.3, -0.25) is 23.7 Å². The van der Waals surface area contributed by atoms with Crippen molar-refractivity contribution in [3.8, 4) is 0 Å². The Labute approximate surface area is 133 Å². The van der Waals surface area contributed by atoms with E-state index in [4.69, 9.17) is 10.3 Å². The summed E-state index contributed by atoms with van der Waals surface area (Å²) in [6, 6.07) is 0. The Kier molecular flexibility index (Phi) is 3.84. The zero-order valence-electron chi connectivity index (χ0n) is 11.4. The Morgan fingerprint density at radius 3 is 2.57 bits per heavy atom. The molecule has 1 aliphatic heterocycles. The molecule has 1 aliphatic rings. The summed E-state index contributed by atoms with van der Waals surface area (Å²) in [6.07, 6.45) is 0.113. The molecule has 0 spiro atoms. The number of carbonyl (C=O) groups is 4. The van der Waals surface area contributed by atoms with Gasteiger partial charge < -0.3 is 11.1 Å². The van der Waals surface area contributed by atoms with Gasteiger partial charge >= 0.3 is 10.3 Å². The third kappa shape index (κ3) is 2.08. The van der Waals surface area contributed by atoms with Crippen molar-refractivity contribution in [2.75, 3.05) is 5.32 Å². The van der Waals surface area contributed by atoms with Crippen LogP contribution in [0.25, 0.3) is 0 Å². The first-order chi connectivity index (χ1) is 10.5. The first kappa shape index (κ1) is 17.1. The Morgan fingerprint density at radius 1 is 1.52 bits per heavy atom. The third-order valence-corrected chi connectivity index (χ3v) is 5.24. The van der Waals surface area contributed by atoms with Gasteiger partial charge in [-0.2, -0.15) is 12.7 Å². The number of nitrogens with zero attached hydrogens (tertiary/aromatic N) is 2. The van der Waals surface area contributed by atoms with Crippen molar-refractivity contribution in [3.63, 3.8) is 0 Å². The minimum Gasteiger partial charge on any atom is -0.306 e. The number of Topliss-reactive ketones (excluding diaryl/α,β-unsaturated/α-hetero) is 1. The molecule has 0 bridgehead atoms. The molecule has 1 aromatic heterocycles. The number of β-lactam (4-membered cyclic amide) rings is 1. The standard InChI is InChI=1S/C10H10N4O7S2/c1-9(11)10(6(17)2-15,7(18)14(9)23(19,20)21)5-3-22-8(13-5)12-4-16/h2-4H,11H2,1H3,(H,12,13,16)(H,19,20,21). The average molecular weight is 362 g/mol. The zero-order valence-corrected chi connectivity index (χ0v) is 13.1. The van der Waals surface area contributed by atoms with Crippen LogP contribution in [-0.4, -0.2) is 52.3 Å². The van der Waals surface area contributed by atoms with E-state index in [0.29, 0.717) is 6.41 Å². The van der Waals surface area contributed by atoms with Crippen LogP contribution in [0.15, 0.2) is 5.38 Å². The summed E-state index contributed by atoms with van der Waals surface area (Å²) in [7, 11) is -5.05. The molecule has 124 valence electrons. The predicted molar refractivity (Wildman–Crippen MR) is 75.5 cm³/mol. The molecule has 2 rings (SSSR count). The van der Waals surface area contributed by atoms with Crippen molar-refractivity contribution in [2.45, 2.75) is 18.0 Å². The van der Waals surface area contributed by atoms with Crippen molar-refractivity contribution >= 4 is 51.2 Å². The Hall–Kier alpha value is -2.22. The molecule has 0 aliphatic carbocycles. The van der Waals surface area contributed by atoms with E-state index in [1.807, 2.05) is 0 Å². The number of ketones is 1. The maximum atomic E-state index is 12.3. The van der Waals surface area contributed by atoms with Crippen LogP contribution in [0.2, 0.25) is 0 Å². The zero-order chi connectivity index (χ0) is 17.6. The van der Waals surface area contributed by atoms with E-state index in [9.17, 15) is 27.6 Å². The molecule has 1 fully saturated rings. The molecule has 1 saturated heterocycles. The summed E-state index contributed by atoms with van der Waals surface area (Å²) >= 11 is 0.830. The molecular formula is C10H10N4O7S2. The van der Waals surface area contributed by atoms with Gasteiger partial charge in [0, 0.05) is 5.38 Å². The van der Waals surface area contributed by atoms with Gasteiger partial charge in [0.15, 0.2) is 16.8 Å². The number of hydrogen-bond acceptors (Lipinski definition) is 9. The summed E-state index contributed by atoms with van der Waals surface area (Å²) in [5.41, 5.74) is 0.793. The number of thiazole rings is 1. The molecule has 2 heterocycles. The summed E-state index contributed by atoms with van der Waals surface area (Å²) in [5.74, 6) is -2.74. The van der Waals surface area contributed by atoms with Crippen molar-refractivity contribution in [1.29, 1.82) is 0 Å². The fourth-order valence-electron chi connectivity index (χ4n) is 2.52. The first-order valence-electron chi connectivity index (χ1n) is 5.82. The molecule has 2 atom stereocenters. The highest BCUT2D eigenvalue weighted by atomic mass is 32.2. The van der Waals surface area contributed by atoms with Gasteiger partial charge in [0.2, 0.25) is 12.2 Å². The summed E-state index contributed by atoms with van der Waals surface area (Å²) in [5, 5.41) is 3.36. The average Bonchev–Trinajstić information content (AvgIpc) is 2.85. The van der Waals surface area contributed by atoms with Crippen molar-refractivity contribution in [1.82, 2.24) is 9.29 Å². The number of nitrogens with two attached hydrogens (primary N) is 1. The second-order valence-electron chi connectivity index (χ2n) is 4.73. The highest BCUT2D eigenvalue weighted by Gasteiger charge is 2.76. The molecule has 0 aromatic carbocycles. The molecule has 13 heteroatoms. The number of rotatable bonds is 6. The van der Waals surface area contributed by atoms with E-state index < -0.39 is 33.1 Å². The lowest BCUT2D eigenvalue weighted by Gasteiger charge is -2.56. The van der Waals surface area contributed by atoms with Gasteiger partial charge in [0.1, 0.15) is 5.66 Å². The lowest BCUT2D eigenvalue weighted by molar-refractivity contribution is -0.168. The normalized spacial score (nSPS) is 27.3. The number of aldehydes is 1. The molecule has 2 amide bonds. The first-order valence-corrected chi connectivity index (χ1v) is 8.09. The highest BCUT2D eigenvalue weighted by Crippen LogP contribution is 2.49. The maximum absolute atomic E-state index is 12.3. The molecule has 0 saturated carbocycles. The van der Waals surface area contributed by atoms with E-state index in [2.05, 4.69) is 10.3 Å². The van der Waals surface area contributed by atoms with Gasteiger partial charge in [-0.25, -0.2) is 4.98 Å².